The number of rotatable bonds is 2. The topological polar surface area (TPSA) is 17.1 Å². The van der Waals surface area contributed by atoms with Gasteiger partial charge in [-0.15, -0.1) is 0 Å². The molecule has 0 fully saturated rings. The second kappa shape index (κ2) is 5.12. The number of carbonyl (C=O) groups excluding carboxylic acids is 1. The van der Waals surface area contributed by atoms with E-state index in [4.69, 9.17) is 0 Å². The Bertz CT molecular complexity index is 208. The van der Waals surface area contributed by atoms with Gasteiger partial charge in [0.1, 0.15) is 6.29 Å². The summed E-state index contributed by atoms with van der Waals surface area (Å²) >= 11 is 0. The Hall–Kier alpha value is -0.578. The number of benzene rings is 1. The summed E-state index contributed by atoms with van der Waals surface area (Å²) in [6.45, 7) is 3.66. The van der Waals surface area contributed by atoms with Gasteiger partial charge in [0.05, 0.1) is 0 Å². The molecule has 0 saturated heterocycles. The van der Waals surface area contributed by atoms with Gasteiger partial charge < -0.3 is 4.79 Å². The summed E-state index contributed by atoms with van der Waals surface area (Å²) in [4.78, 5) is 10.2. The first-order chi connectivity index (χ1) is 4.84. The van der Waals surface area contributed by atoms with Gasteiger partial charge in [0.25, 0.3) is 0 Å². The first-order valence-electron chi connectivity index (χ1n) is 3.18. The van der Waals surface area contributed by atoms with Crippen LogP contribution in [0.5, 0.6) is 0 Å². The monoisotopic (exact) mass is 163 g/mol. The van der Waals surface area contributed by atoms with Gasteiger partial charge in [-0.3, -0.25) is 0 Å². The summed E-state index contributed by atoms with van der Waals surface area (Å²) < 4.78 is 0. The van der Waals surface area contributed by atoms with Crippen LogP contribution in [0.4, 0.5) is 0 Å². The molecule has 1 unspecified atom stereocenters. The zero-order valence-electron chi connectivity index (χ0n) is 5.66. The Morgan fingerprint density at radius 2 is 1.82 bits per heavy atom. The van der Waals surface area contributed by atoms with Crippen LogP contribution in [0.3, 0.4) is 0 Å². The zero-order chi connectivity index (χ0) is 7.40. The van der Waals surface area contributed by atoms with E-state index in [1.165, 1.54) is 0 Å². The number of hydrogen-bond donors (Lipinski definition) is 0. The SMILES string of the molecule is [AlH3].[CH2]C(C=O)c1ccccc1. The van der Waals surface area contributed by atoms with E-state index in [2.05, 4.69) is 6.92 Å². The van der Waals surface area contributed by atoms with Crippen LogP contribution < -0.4 is 0 Å². The predicted octanol–water partition coefficient (Wildman–Crippen LogP) is 0.619. The van der Waals surface area contributed by atoms with Crippen molar-refractivity contribution in [3.63, 3.8) is 0 Å². The lowest BCUT2D eigenvalue weighted by Gasteiger charge is -2.00. The fourth-order valence-electron chi connectivity index (χ4n) is 0.779. The van der Waals surface area contributed by atoms with E-state index in [1.807, 2.05) is 30.3 Å². The molecule has 0 aliphatic rings. The summed E-state index contributed by atoms with van der Waals surface area (Å²) in [6.07, 6.45) is 0.843. The van der Waals surface area contributed by atoms with E-state index in [1.54, 1.807) is 0 Å². The Labute approximate surface area is 77.6 Å². The van der Waals surface area contributed by atoms with E-state index in [0.29, 0.717) is 0 Å². The smallest absolute Gasteiger partial charge is 0.187 e. The molecule has 57 valence electrons. The highest BCUT2D eigenvalue weighted by Crippen LogP contribution is 2.09. The number of hydrogen-bond acceptors (Lipinski definition) is 1. The van der Waals surface area contributed by atoms with Crippen molar-refractivity contribution >= 4 is 23.6 Å². The molecular weight excluding hydrogens is 151 g/mol. The van der Waals surface area contributed by atoms with Gasteiger partial charge >= 0.3 is 0 Å². The molecule has 1 aromatic rings. The molecule has 0 heterocycles. The molecule has 1 atom stereocenters. The molecule has 0 spiro atoms. The van der Waals surface area contributed by atoms with E-state index in [0.717, 1.165) is 11.8 Å². The average Bonchev–Trinajstić information content (AvgIpc) is 2.05. The molecule has 1 rings (SSSR count). The van der Waals surface area contributed by atoms with Gasteiger partial charge in [-0.05, 0) is 12.5 Å². The zero-order valence-corrected chi connectivity index (χ0v) is 5.66. The Kier molecular flexibility index (Phi) is 4.85. The maximum absolute atomic E-state index is 10.2. The first-order valence-corrected chi connectivity index (χ1v) is 3.18. The van der Waals surface area contributed by atoms with E-state index >= 15 is 0 Å². The summed E-state index contributed by atoms with van der Waals surface area (Å²) in [5.41, 5.74) is 0.970. The molecule has 0 bridgehead atoms. The van der Waals surface area contributed by atoms with E-state index < -0.39 is 0 Å². The Morgan fingerprint density at radius 1 is 1.27 bits per heavy atom. The first kappa shape index (κ1) is 10.4. The third kappa shape index (κ3) is 2.88. The van der Waals surface area contributed by atoms with Crippen molar-refractivity contribution < 1.29 is 4.79 Å². The predicted molar refractivity (Wildman–Crippen MR) is 50.5 cm³/mol. The van der Waals surface area contributed by atoms with Crippen LogP contribution in [0.15, 0.2) is 30.3 Å². The van der Waals surface area contributed by atoms with Gasteiger partial charge in [0, 0.05) is 5.92 Å². The van der Waals surface area contributed by atoms with Crippen molar-refractivity contribution in [2.45, 2.75) is 5.92 Å². The van der Waals surface area contributed by atoms with Crippen LogP contribution in [0.25, 0.3) is 0 Å². The summed E-state index contributed by atoms with van der Waals surface area (Å²) in [5, 5.41) is 0. The molecule has 0 N–H and O–H groups in total. The van der Waals surface area contributed by atoms with Gasteiger partial charge in [0.15, 0.2) is 17.4 Å². The molecule has 0 saturated carbocycles. The lowest BCUT2D eigenvalue weighted by Crippen LogP contribution is -1.92. The molecule has 1 nitrogen and oxygen atoms in total. The highest BCUT2D eigenvalue weighted by molar-refractivity contribution is 5.75. The highest BCUT2D eigenvalue weighted by Gasteiger charge is 1.99. The van der Waals surface area contributed by atoms with Crippen LogP contribution in [-0.4, -0.2) is 23.6 Å². The molecule has 11 heavy (non-hydrogen) atoms. The maximum Gasteiger partial charge on any atom is 0.187 e. The quantitative estimate of drug-likeness (QED) is 0.461. The summed E-state index contributed by atoms with van der Waals surface area (Å²) in [5.74, 6) is -0.221. The van der Waals surface area contributed by atoms with E-state index in [-0.39, 0.29) is 23.3 Å². The minimum atomic E-state index is -0.221. The van der Waals surface area contributed by atoms with Crippen LogP contribution >= 0.6 is 0 Å². The Morgan fingerprint density at radius 3 is 2.27 bits per heavy atom. The molecule has 0 aliphatic carbocycles. The van der Waals surface area contributed by atoms with Gasteiger partial charge in [0.2, 0.25) is 0 Å². The summed E-state index contributed by atoms with van der Waals surface area (Å²) in [7, 11) is 0. The van der Waals surface area contributed by atoms with Gasteiger partial charge in [-0.1, -0.05) is 30.3 Å². The number of aldehydes is 1. The third-order valence-electron chi connectivity index (χ3n) is 1.39. The normalized spacial score (nSPS) is 11.4. The van der Waals surface area contributed by atoms with Crippen molar-refractivity contribution in [2.75, 3.05) is 0 Å². The minimum Gasteiger partial charge on any atom is -0.303 e. The van der Waals surface area contributed by atoms with Crippen LogP contribution in [-0.2, 0) is 4.79 Å². The fraction of sp³-hybridized carbons (Fsp3) is 0.111. The molecule has 0 amide bonds. The number of carbonyl (C=O) groups is 1. The second-order valence-corrected chi connectivity index (χ2v) is 2.15. The molecule has 2 heteroatoms. The second-order valence-electron chi connectivity index (χ2n) is 2.15. The average molecular weight is 163 g/mol. The third-order valence-corrected chi connectivity index (χ3v) is 1.39. The van der Waals surface area contributed by atoms with Crippen molar-refractivity contribution in [2.24, 2.45) is 0 Å². The highest BCUT2D eigenvalue weighted by atomic mass is 27.0. The van der Waals surface area contributed by atoms with Crippen molar-refractivity contribution in [3.8, 4) is 0 Å². The fourth-order valence-corrected chi connectivity index (χ4v) is 0.779. The van der Waals surface area contributed by atoms with Crippen molar-refractivity contribution in [1.29, 1.82) is 0 Å². The molecule has 1 aromatic carbocycles. The summed E-state index contributed by atoms with van der Waals surface area (Å²) in [6, 6.07) is 9.51. The van der Waals surface area contributed by atoms with E-state index in [9.17, 15) is 4.79 Å². The molecule has 0 aromatic heterocycles. The van der Waals surface area contributed by atoms with Gasteiger partial charge in [-0.25, -0.2) is 0 Å². The van der Waals surface area contributed by atoms with Gasteiger partial charge in [-0.2, -0.15) is 0 Å². The lowest BCUT2D eigenvalue weighted by atomic mass is 10.0. The van der Waals surface area contributed by atoms with Crippen LogP contribution in [0.2, 0.25) is 0 Å². The van der Waals surface area contributed by atoms with Crippen molar-refractivity contribution in [3.05, 3.63) is 42.8 Å². The van der Waals surface area contributed by atoms with Crippen LogP contribution in [0, 0.1) is 6.92 Å². The largest absolute Gasteiger partial charge is 0.303 e. The minimum absolute atomic E-state index is 0. The Balaban J connectivity index is 0.000001000. The molecular formula is C9H12AlO. The van der Waals surface area contributed by atoms with Crippen LogP contribution in [0.1, 0.15) is 11.5 Å². The maximum atomic E-state index is 10.2. The molecule has 1 radical (unpaired) electrons. The lowest BCUT2D eigenvalue weighted by molar-refractivity contribution is -0.108. The standard InChI is InChI=1S/C9H9O.Al.3H/c1-8(7-10)9-5-3-2-4-6-9;;;;/h2-8H,1H2;;;;. The molecule has 0 aliphatic heterocycles. The van der Waals surface area contributed by atoms with Crippen molar-refractivity contribution in [1.82, 2.24) is 0 Å².